The fraction of sp³-hybridized carbons (Fsp3) is 0.357. The molecule has 0 saturated carbocycles. The molecule has 0 bridgehead atoms. The van der Waals surface area contributed by atoms with E-state index in [4.69, 9.17) is 10.5 Å². The number of benzene rings is 1. The molecule has 13 heteroatoms. The third-order valence-corrected chi connectivity index (χ3v) is 7.92. The zero-order valence-corrected chi connectivity index (χ0v) is 22.4. The minimum atomic E-state index is -5.29. The molecule has 9 nitrogen and oxygen atoms in total. The van der Waals surface area contributed by atoms with E-state index in [0.29, 0.717) is 22.7 Å². The van der Waals surface area contributed by atoms with Crippen LogP contribution >= 0.6 is 0 Å². The molecule has 0 saturated heterocycles. The molecule has 0 aliphatic carbocycles. The zero-order valence-electron chi connectivity index (χ0n) is 22.4. The highest BCUT2D eigenvalue weighted by Gasteiger charge is 2.61. The van der Waals surface area contributed by atoms with Crippen LogP contribution < -0.4 is 26.9 Å². The van der Waals surface area contributed by atoms with Gasteiger partial charge in [0.25, 0.3) is 5.91 Å². The van der Waals surface area contributed by atoms with Crippen molar-refractivity contribution in [3.05, 3.63) is 81.1 Å². The molecule has 1 aromatic heterocycles. The van der Waals surface area contributed by atoms with Gasteiger partial charge >= 0.3 is 6.18 Å². The van der Waals surface area contributed by atoms with E-state index in [1.54, 1.807) is 6.20 Å². The Kier molecular flexibility index (Phi) is 6.48. The molecule has 3 aliphatic rings. The number of allylic oxidation sites excluding steroid dienone is 1. The van der Waals surface area contributed by atoms with Gasteiger partial charge in [-0.3, -0.25) is 9.59 Å². The molecule has 0 spiro atoms. The molecular weight excluding hydrogens is 546 g/mol. The van der Waals surface area contributed by atoms with Crippen LogP contribution in [-0.2, 0) is 15.1 Å². The van der Waals surface area contributed by atoms with Crippen molar-refractivity contribution in [2.75, 3.05) is 26.7 Å². The molecule has 41 heavy (non-hydrogen) atoms. The lowest BCUT2D eigenvalue weighted by Gasteiger charge is -2.43. The number of amides is 2. The number of fused-ring (bicyclic) bond motifs is 1. The van der Waals surface area contributed by atoms with Gasteiger partial charge in [0, 0.05) is 35.9 Å². The first-order valence-corrected chi connectivity index (χ1v) is 12.7. The van der Waals surface area contributed by atoms with Crippen LogP contribution in [0, 0.1) is 11.2 Å². The average Bonchev–Trinajstić information content (AvgIpc) is 3.49. The SMILES string of the molecule is CN1C=c2cc(C(=O)NC[C@](O)(C3=CC4=C(OC[C@]4(C)C(N)=O)C(C)(c4ccc(F)cc4)N3)C(F)(F)F)[nH]c2=CC1. The van der Waals surface area contributed by atoms with Gasteiger partial charge < -0.3 is 36.1 Å². The molecule has 6 N–H and O–H groups in total. The van der Waals surface area contributed by atoms with E-state index in [2.05, 4.69) is 15.6 Å². The summed E-state index contributed by atoms with van der Waals surface area (Å²) >= 11 is 0. The zero-order chi connectivity index (χ0) is 30.0. The van der Waals surface area contributed by atoms with Crippen LogP contribution in [0.25, 0.3) is 12.3 Å². The van der Waals surface area contributed by atoms with Crippen molar-refractivity contribution < 1.29 is 37.0 Å². The van der Waals surface area contributed by atoms with E-state index >= 15 is 0 Å². The quantitative estimate of drug-likeness (QED) is 0.324. The van der Waals surface area contributed by atoms with E-state index in [-0.39, 0.29) is 23.6 Å². The first kappa shape index (κ1) is 28.3. The second-order valence-electron chi connectivity index (χ2n) is 10.9. The Hall–Kier alpha value is -4.26. The molecule has 0 fully saturated rings. The number of primary amides is 1. The van der Waals surface area contributed by atoms with E-state index in [1.165, 1.54) is 32.0 Å². The minimum absolute atomic E-state index is 0.0135. The second kappa shape index (κ2) is 9.40. The predicted molar refractivity (Wildman–Crippen MR) is 140 cm³/mol. The standard InChI is InChI=1S/C28H29F4N5O4/c1-25(24(33)39)14-41-22-18(25)11-21(36-26(22,2)16-4-6-17(29)7-5-16)27(40,28(30,31)32)13-34-23(38)20-10-15-12-37(3)9-8-19(15)35-20/h4-8,10-12,35-36,40H,9,13-14H2,1-3H3,(H2,33,39)(H,34,38)/t25-,26?,27-/m0/s1. The van der Waals surface area contributed by atoms with Crippen LogP contribution in [0.2, 0.25) is 0 Å². The number of ether oxygens (including phenoxy) is 1. The number of alkyl halides is 3. The Labute approximate surface area is 232 Å². The van der Waals surface area contributed by atoms with Crippen LogP contribution in [0.1, 0.15) is 29.9 Å². The fourth-order valence-corrected chi connectivity index (χ4v) is 5.24. The smallest absolute Gasteiger partial charge is 0.424 e. The Morgan fingerprint density at radius 2 is 1.90 bits per heavy atom. The number of dihydropyridines is 1. The van der Waals surface area contributed by atoms with Gasteiger partial charge in [-0.05, 0) is 49.8 Å². The molecule has 0 radical (unpaired) electrons. The van der Waals surface area contributed by atoms with E-state index in [1.807, 2.05) is 18.0 Å². The summed E-state index contributed by atoms with van der Waals surface area (Å²) in [6, 6.07) is 6.46. The van der Waals surface area contributed by atoms with Crippen molar-refractivity contribution in [2.24, 2.45) is 11.1 Å². The monoisotopic (exact) mass is 575 g/mol. The summed E-state index contributed by atoms with van der Waals surface area (Å²) in [5.74, 6) is -2.18. The summed E-state index contributed by atoms with van der Waals surface area (Å²) in [7, 11) is 1.83. The van der Waals surface area contributed by atoms with Crippen molar-refractivity contribution in [1.82, 2.24) is 20.5 Å². The largest absolute Gasteiger partial charge is 0.493 e. The van der Waals surface area contributed by atoms with Crippen LogP contribution in [0.5, 0.6) is 0 Å². The summed E-state index contributed by atoms with van der Waals surface area (Å²) in [5.41, 5.74) is -1.49. The third kappa shape index (κ3) is 4.53. The summed E-state index contributed by atoms with van der Waals surface area (Å²) < 4.78 is 63.6. The number of nitrogens with zero attached hydrogens (tertiary/aromatic N) is 1. The lowest BCUT2D eigenvalue weighted by atomic mass is 9.74. The van der Waals surface area contributed by atoms with Gasteiger partial charge in [0.1, 0.15) is 34.8 Å². The molecule has 4 heterocycles. The Morgan fingerprint density at radius 3 is 2.54 bits per heavy atom. The number of hydrogen-bond donors (Lipinski definition) is 5. The topological polar surface area (TPSA) is 133 Å². The van der Waals surface area contributed by atoms with Crippen molar-refractivity contribution in [3.8, 4) is 0 Å². The molecule has 3 atom stereocenters. The molecule has 3 aliphatic heterocycles. The van der Waals surface area contributed by atoms with Gasteiger partial charge in [-0.25, -0.2) is 4.39 Å². The number of carbonyl (C=O) groups excluding carboxylic acids is 2. The number of rotatable bonds is 6. The van der Waals surface area contributed by atoms with Gasteiger partial charge in [-0.2, -0.15) is 13.2 Å². The Morgan fingerprint density at radius 1 is 1.22 bits per heavy atom. The molecule has 1 aromatic carbocycles. The first-order chi connectivity index (χ1) is 19.1. The number of carbonyl (C=O) groups is 2. The maximum Gasteiger partial charge on any atom is 0.424 e. The fourth-order valence-electron chi connectivity index (χ4n) is 5.24. The summed E-state index contributed by atoms with van der Waals surface area (Å²) in [4.78, 5) is 30.1. The lowest BCUT2D eigenvalue weighted by molar-refractivity contribution is -0.243. The van der Waals surface area contributed by atoms with Crippen molar-refractivity contribution in [3.63, 3.8) is 0 Å². The van der Waals surface area contributed by atoms with Gasteiger partial charge in [0.15, 0.2) is 0 Å². The Bertz CT molecular complexity index is 1610. The number of nitrogens with one attached hydrogen (secondary N) is 3. The highest BCUT2D eigenvalue weighted by molar-refractivity contribution is 5.92. The Balaban J connectivity index is 1.55. The van der Waals surface area contributed by atoms with Crippen LogP contribution in [0.15, 0.2) is 53.4 Å². The molecule has 218 valence electrons. The summed E-state index contributed by atoms with van der Waals surface area (Å²) in [6.45, 7) is 1.98. The molecule has 2 aromatic rings. The first-order valence-electron chi connectivity index (χ1n) is 12.7. The summed E-state index contributed by atoms with van der Waals surface area (Å²) in [5, 5.41) is 17.5. The molecule has 1 unspecified atom stereocenters. The van der Waals surface area contributed by atoms with E-state index in [0.717, 1.165) is 18.2 Å². The minimum Gasteiger partial charge on any atom is -0.493 e. The van der Waals surface area contributed by atoms with E-state index in [9.17, 15) is 32.3 Å². The van der Waals surface area contributed by atoms with Gasteiger partial charge in [-0.15, -0.1) is 0 Å². The van der Waals surface area contributed by atoms with E-state index < -0.39 is 52.6 Å². The van der Waals surface area contributed by atoms with Gasteiger partial charge in [-0.1, -0.05) is 12.1 Å². The predicted octanol–water partition coefficient (Wildman–Crippen LogP) is 0.819. The normalized spacial score (nSPS) is 25.0. The molecule has 5 rings (SSSR count). The molecular formula is C28H29F4N5O4. The number of halogens is 4. The van der Waals surface area contributed by atoms with Crippen LogP contribution in [0.4, 0.5) is 17.6 Å². The third-order valence-electron chi connectivity index (χ3n) is 7.92. The van der Waals surface area contributed by atoms with Gasteiger partial charge in [0.05, 0.1) is 12.2 Å². The number of hydrogen-bond acceptors (Lipinski definition) is 6. The number of nitrogens with two attached hydrogens (primary N) is 1. The van der Waals surface area contributed by atoms with Crippen molar-refractivity contribution in [2.45, 2.75) is 31.2 Å². The number of H-pyrrole nitrogens is 1. The summed E-state index contributed by atoms with van der Waals surface area (Å²) in [6.07, 6.45) is -0.684. The lowest BCUT2D eigenvalue weighted by Crippen LogP contribution is -2.61. The van der Waals surface area contributed by atoms with Crippen LogP contribution in [0.3, 0.4) is 0 Å². The average molecular weight is 576 g/mol. The maximum absolute atomic E-state index is 14.7. The van der Waals surface area contributed by atoms with Crippen molar-refractivity contribution in [1.29, 1.82) is 0 Å². The van der Waals surface area contributed by atoms with Crippen molar-refractivity contribution >= 4 is 24.1 Å². The highest BCUT2D eigenvalue weighted by Crippen LogP contribution is 2.50. The number of aliphatic hydroxyl groups is 1. The molecule has 2 amide bonds. The highest BCUT2D eigenvalue weighted by atomic mass is 19.4. The second-order valence-corrected chi connectivity index (χ2v) is 10.9. The number of aromatic amines is 1. The van der Waals surface area contributed by atoms with Crippen LogP contribution in [-0.4, -0.2) is 65.3 Å². The maximum atomic E-state index is 14.7. The number of aromatic nitrogens is 1. The van der Waals surface area contributed by atoms with Gasteiger partial charge in [0.2, 0.25) is 11.5 Å².